The number of likely N-dealkylation sites (tertiary alicyclic amines) is 1. The highest BCUT2D eigenvalue weighted by atomic mass is 32.2. The summed E-state index contributed by atoms with van der Waals surface area (Å²) in [5, 5.41) is 2.83. The summed E-state index contributed by atoms with van der Waals surface area (Å²) in [6.45, 7) is 0.723. The quantitative estimate of drug-likeness (QED) is 0.420. The lowest BCUT2D eigenvalue weighted by Crippen LogP contribution is -2.35. The van der Waals surface area contributed by atoms with Crippen LogP contribution in [0.15, 0.2) is 29.2 Å². The summed E-state index contributed by atoms with van der Waals surface area (Å²) < 4.78 is 12.8. The molecular weight excluding hydrogens is 367 g/mol. The number of hydrogen-bond acceptors (Lipinski definition) is 4. The predicted molar refractivity (Wildman–Crippen MR) is 102 cm³/mol. The molecule has 0 aromatic heterocycles. The van der Waals surface area contributed by atoms with Gasteiger partial charge in [-0.1, -0.05) is 12.8 Å². The summed E-state index contributed by atoms with van der Waals surface area (Å²) in [6.07, 6.45) is 4.55. The fourth-order valence-corrected chi connectivity index (χ4v) is 4.63. The van der Waals surface area contributed by atoms with Crippen molar-refractivity contribution >= 4 is 29.5 Å². The number of halogens is 1. The van der Waals surface area contributed by atoms with Crippen LogP contribution in [0, 0.1) is 17.7 Å². The van der Waals surface area contributed by atoms with E-state index in [4.69, 9.17) is 0 Å². The zero-order valence-corrected chi connectivity index (χ0v) is 16.1. The van der Waals surface area contributed by atoms with Crippen molar-refractivity contribution in [1.29, 1.82) is 0 Å². The second-order valence-electron chi connectivity index (χ2n) is 7.08. The van der Waals surface area contributed by atoms with E-state index in [9.17, 15) is 18.8 Å². The van der Waals surface area contributed by atoms with Crippen molar-refractivity contribution in [3.8, 4) is 0 Å². The summed E-state index contributed by atoms with van der Waals surface area (Å²) >= 11 is 1.61. The van der Waals surface area contributed by atoms with Gasteiger partial charge in [0.05, 0.1) is 11.8 Å². The van der Waals surface area contributed by atoms with Gasteiger partial charge in [0.2, 0.25) is 17.7 Å². The Morgan fingerprint density at radius 3 is 2.37 bits per heavy atom. The van der Waals surface area contributed by atoms with Gasteiger partial charge in [-0.15, -0.1) is 11.8 Å². The third-order valence-electron chi connectivity index (χ3n) is 5.22. The van der Waals surface area contributed by atoms with Crippen molar-refractivity contribution < 1.29 is 18.8 Å². The Hall–Kier alpha value is -1.89. The highest BCUT2D eigenvalue weighted by molar-refractivity contribution is 7.99. The fraction of sp³-hybridized carbons (Fsp3) is 0.550. The van der Waals surface area contributed by atoms with Crippen LogP contribution in [-0.2, 0) is 14.4 Å². The lowest BCUT2D eigenvalue weighted by atomic mass is 9.81. The second-order valence-corrected chi connectivity index (χ2v) is 8.25. The Labute approximate surface area is 163 Å². The molecule has 1 saturated heterocycles. The largest absolute Gasteiger partial charge is 0.356 e. The minimum absolute atomic E-state index is 0.0896. The molecule has 3 amide bonds. The van der Waals surface area contributed by atoms with E-state index in [0.29, 0.717) is 6.54 Å². The van der Waals surface area contributed by atoms with Crippen molar-refractivity contribution in [3.63, 3.8) is 0 Å². The molecule has 1 aromatic carbocycles. The van der Waals surface area contributed by atoms with E-state index in [-0.39, 0.29) is 48.3 Å². The van der Waals surface area contributed by atoms with Gasteiger partial charge in [0.15, 0.2) is 0 Å². The molecule has 27 heavy (non-hydrogen) atoms. The third-order valence-corrected chi connectivity index (χ3v) is 6.32. The van der Waals surface area contributed by atoms with E-state index in [1.165, 1.54) is 17.0 Å². The molecule has 1 aromatic rings. The summed E-state index contributed by atoms with van der Waals surface area (Å²) in [6, 6.07) is 6.34. The molecule has 5 nitrogen and oxygen atoms in total. The van der Waals surface area contributed by atoms with Gasteiger partial charge in [0, 0.05) is 24.4 Å². The van der Waals surface area contributed by atoms with Crippen LogP contribution in [0.3, 0.4) is 0 Å². The number of nitrogens with one attached hydrogen (secondary N) is 1. The van der Waals surface area contributed by atoms with E-state index in [1.807, 2.05) is 0 Å². The summed E-state index contributed by atoms with van der Waals surface area (Å²) in [5.41, 5.74) is 0. The number of rotatable bonds is 8. The molecule has 7 heteroatoms. The molecule has 1 aliphatic heterocycles. The van der Waals surface area contributed by atoms with E-state index in [2.05, 4.69) is 5.32 Å². The van der Waals surface area contributed by atoms with Crippen LogP contribution in [0.5, 0.6) is 0 Å². The van der Waals surface area contributed by atoms with Crippen molar-refractivity contribution in [2.24, 2.45) is 11.8 Å². The maximum atomic E-state index is 12.8. The van der Waals surface area contributed by atoms with Gasteiger partial charge >= 0.3 is 0 Å². The van der Waals surface area contributed by atoms with Gasteiger partial charge in [0.25, 0.3) is 0 Å². The van der Waals surface area contributed by atoms with Crippen LogP contribution in [0.1, 0.15) is 38.5 Å². The van der Waals surface area contributed by atoms with Crippen LogP contribution in [0.4, 0.5) is 4.39 Å². The third kappa shape index (κ3) is 5.09. The van der Waals surface area contributed by atoms with Crippen LogP contribution in [-0.4, -0.2) is 41.5 Å². The lowest BCUT2D eigenvalue weighted by Gasteiger charge is -2.19. The van der Waals surface area contributed by atoms with E-state index < -0.39 is 0 Å². The maximum absolute atomic E-state index is 12.8. The molecule has 2 aliphatic rings. The molecule has 1 heterocycles. The number of fused-ring (bicyclic) bond motifs is 1. The molecule has 146 valence electrons. The van der Waals surface area contributed by atoms with E-state index in [1.54, 1.807) is 23.9 Å². The normalized spacial score (nSPS) is 22.0. The van der Waals surface area contributed by atoms with Crippen molar-refractivity contribution in [2.75, 3.05) is 18.8 Å². The Bertz CT molecular complexity index is 671. The molecule has 2 fully saturated rings. The Balaban J connectivity index is 1.32. The van der Waals surface area contributed by atoms with E-state index >= 15 is 0 Å². The Morgan fingerprint density at radius 1 is 1.11 bits per heavy atom. The number of carbonyl (C=O) groups is 3. The second kappa shape index (κ2) is 9.35. The number of carbonyl (C=O) groups excluding carboxylic acids is 3. The topological polar surface area (TPSA) is 66.5 Å². The summed E-state index contributed by atoms with van der Waals surface area (Å²) in [4.78, 5) is 39.0. The smallest absolute Gasteiger partial charge is 0.233 e. The summed E-state index contributed by atoms with van der Waals surface area (Å²) in [7, 11) is 0. The van der Waals surface area contributed by atoms with Gasteiger partial charge < -0.3 is 5.32 Å². The summed E-state index contributed by atoms with van der Waals surface area (Å²) in [5.74, 6) is -0.0617. The van der Waals surface area contributed by atoms with Crippen molar-refractivity contribution in [3.05, 3.63) is 30.1 Å². The highest BCUT2D eigenvalue weighted by Gasteiger charge is 2.47. The maximum Gasteiger partial charge on any atom is 0.233 e. The van der Waals surface area contributed by atoms with Crippen molar-refractivity contribution in [2.45, 2.75) is 43.4 Å². The Morgan fingerprint density at radius 2 is 1.74 bits per heavy atom. The number of hydrogen-bond donors (Lipinski definition) is 1. The van der Waals surface area contributed by atoms with Gasteiger partial charge in [-0.05, 0) is 49.3 Å². The average molecular weight is 392 g/mol. The molecule has 1 aliphatic carbocycles. The first-order valence-corrected chi connectivity index (χ1v) is 10.5. The Kier molecular flexibility index (Phi) is 6.88. The van der Waals surface area contributed by atoms with Crippen LogP contribution < -0.4 is 5.32 Å². The lowest BCUT2D eigenvalue weighted by molar-refractivity contribution is -0.140. The molecule has 2 atom stereocenters. The van der Waals surface area contributed by atoms with Crippen LogP contribution >= 0.6 is 11.8 Å². The number of thioether (sulfide) groups is 1. The fourth-order valence-electron chi connectivity index (χ4n) is 3.77. The van der Waals surface area contributed by atoms with Crippen LogP contribution in [0.25, 0.3) is 0 Å². The standard InChI is InChI=1S/C20H25FN2O3S/c21-14-6-8-15(9-7-14)27-13-3-11-22-18(24)10-12-23-19(25)16-4-1-2-5-17(16)20(23)26/h6-9,16-17H,1-5,10-13H2,(H,22,24). The minimum atomic E-state index is -0.249. The SMILES string of the molecule is O=C(CCN1C(=O)C2CCCCC2C1=O)NCCCSc1ccc(F)cc1. The molecule has 0 spiro atoms. The number of benzene rings is 1. The van der Waals surface area contributed by atoms with Crippen molar-refractivity contribution in [1.82, 2.24) is 10.2 Å². The first-order valence-electron chi connectivity index (χ1n) is 9.56. The zero-order valence-electron chi connectivity index (χ0n) is 15.3. The molecule has 2 unspecified atom stereocenters. The number of imide groups is 1. The molecular formula is C20H25FN2O3S. The molecule has 3 rings (SSSR count). The highest BCUT2D eigenvalue weighted by Crippen LogP contribution is 2.37. The predicted octanol–water partition coefficient (Wildman–Crippen LogP) is 2.99. The van der Waals surface area contributed by atoms with Crippen LogP contribution in [0.2, 0.25) is 0 Å². The van der Waals surface area contributed by atoms with Gasteiger partial charge in [0.1, 0.15) is 5.82 Å². The zero-order chi connectivity index (χ0) is 19.2. The van der Waals surface area contributed by atoms with Gasteiger partial charge in [-0.25, -0.2) is 4.39 Å². The molecule has 1 saturated carbocycles. The molecule has 1 N–H and O–H groups in total. The number of amides is 3. The minimum Gasteiger partial charge on any atom is -0.356 e. The molecule has 0 bridgehead atoms. The first-order chi connectivity index (χ1) is 13.1. The average Bonchev–Trinajstić information content (AvgIpc) is 2.92. The first kappa shape index (κ1) is 19.9. The molecule has 0 radical (unpaired) electrons. The number of nitrogens with zero attached hydrogens (tertiary/aromatic N) is 1. The van der Waals surface area contributed by atoms with E-state index in [0.717, 1.165) is 42.8 Å². The monoisotopic (exact) mass is 392 g/mol. The van der Waals surface area contributed by atoms with Gasteiger partial charge in [-0.2, -0.15) is 0 Å². The van der Waals surface area contributed by atoms with Gasteiger partial charge in [-0.3, -0.25) is 19.3 Å².